The number of ether oxygens (including phenoxy) is 1. The van der Waals surface area contributed by atoms with Gasteiger partial charge in [0.05, 0.1) is 6.10 Å². The molecule has 0 saturated heterocycles. The number of halogens is 1. The van der Waals surface area contributed by atoms with Crippen LogP contribution >= 0.6 is 15.9 Å². The van der Waals surface area contributed by atoms with Gasteiger partial charge in [0.2, 0.25) is 0 Å². The van der Waals surface area contributed by atoms with Crippen molar-refractivity contribution >= 4 is 15.9 Å². The first kappa shape index (κ1) is 16.2. The van der Waals surface area contributed by atoms with E-state index in [1.165, 1.54) is 5.56 Å². The SMILES string of the molecule is CC(N)C(OCCCc1ccccc1)c1ccccc1Br. The summed E-state index contributed by atoms with van der Waals surface area (Å²) in [6.45, 7) is 2.70. The van der Waals surface area contributed by atoms with Crippen LogP contribution in [0, 0.1) is 0 Å². The van der Waals surface area contributed by atoms with Gasteiger partial charge in [-0.25, -0.2) is 0 Å². The Morgan fingerprint density at radius 3 is 2.38 bits per heavy atom. The topological polar surface area (TPSA) is 35.2 Å². The molecule has 2 aromatic rings. The van der Waals surface area contributed by atoms with Crippen molar-refractivity contribution in [2.24, 2.45) is 5.73 Å². The number of hydrogen-bond donors (Lipinski definition) is 1. The monoisotopic (exact) mass is 347 g/mol. The number of hydrogen-bond acceptors (Lipinski definition) is 2. The average Bonchev–Trinajstić information content (AvgIpc) is 2.49. The van der Waals surface area contributed by atoms with Crippen molar-refractivity contribution in [3.05, 3.63) is 70.2 Å². The van der Waals surface area contributed by atoms with E-state index in [4.69, 9.17) is 10.5 Å². The quantitative estimate of drug-likeness (QED) is 0.749. The maximum absolute atomic E-state index is 6.09. The van der Waals surface area contributed by atoms with Crippen molar-refractivity contribution in [1.29, 1.82) is 0 Å². The molecule has 0 aliphatic heterocycles. The number of aryl methyl sites for hydroxylation is 1. The summed E-state index contributed by atoms with van der Waals surface area (Å²) in [5, 5.41) is 0. The van der Waals surface area contributed by atoms with Crippen LogP contribution in [0.3, 0.4) is 0 Å². The van der Waals surface area contributed by atoms with Gasteiger partial charge in [0.15, 0.2) is 0 Å². The number of rotatable bonds is 7. The summed E-state index contributed by atoms with van der Waals surface area (Å²) in [6, 6.07) is 18.6. The molecule has 0 spiro atoms. The van der Waals surface area contributed by atoms with Gasteiger partial charge in [-0.3, -0.25) is 0 Å². The number of nitrogens with two attached hydrogens (primary N) is 1. The van der Waals surface area contributed by atoms with Crippen LogP contribution in [0.4, 0.5) is 0 Å². The summed E-state index contributed by atoms with van der Waals surface area (Å²) in [7, 11) is 0. The molecule has 21 heavy (non-hydrogen) atoms. The van der Waals surface area contributed by atoms with Crippen LogP contribution in [0.15, 0.2) is 59.1 Å². The first-order chi connectivity index (χ1) is 10.2. The Hall–Kier alpha value is -1.16. The lowest BCUT2D eigenvalue weighted by Crippen LogP contribution is -2.27. The summed E-state index contributed by atoms with van der Waals surface area (Å²) < 4.78 is 7.09. The van der Waals surface area contributed by atoms with Crippen molar-refractivity contribution in [2.45, 2.75) is 31.9 Å². The molecule has 0 heterocycles. The van der Waals surface area contributed by atoms with Gasteiger partial charge < -0.3 is 10.5 Å². The second-order valence-electron chi connectivity index (χ2n) is 5.26. The molecule has 112 valence electrons. The number of benzene rings is 2. The van der Waals surface area contributed by atoms with Gasteiger partial charge in [-0.1, -0.05) is 64.5 Å². The van der Waals surface area contributed by atoms with E-state index in [-0.39, 0.29) is 12.1 Å². The van der Waals surface area contributed by atoms with Crippen LogP contribution in [-0.2, 0) is 11.2 Å². The van der Waals surface area contributed by atoms with Crippen LogP contribution in [0.5, 0.6) is 0 Å². The zero-order valence-corrected chi connectivity index (χ0v) is 13.9. The van der Waals surface area contributed by atoms with Crippen molar-refractivity contribution in [3.63, 3.8) is 0 Å². The van der Waals surface area contributed by atoms with Crippen molar-refractivity contribution in [2.75, 3.05) is 6.61 Å². The fourth-order valence-electron chi connectivity index (χ4n) is 2.36. The van der Waals surface area contributed by atoms with Gasteiger partial charge in [0.1, 0.15) is 0 Å². The zero-order valence-electron chi connectivity index (χ0n) is 12.3. The van der Waals surface area contributed by atoms with Gasteiger partial charge in [0, 0.05) is 17.1 Å². The summed E-state index contributed by atoms with van der Waals surface area (Å²) in [5.41, 5.74) is 8.55. The molecule has 2 aromatic carbocycles. The Kier molecular flexibility index (Phi) is 6.43. The highest BCUT2D eigenvalue weighted by atomic mass is 79.9. The minimum Gasteiger partial charge on any atom is -0.372 e. The molecule has 0 fully saturated rings. The molecule has 0 aliphatic rings. The summed E-state index contributed by atoms with van der Waals surface area (Å²) in [6.07, 6.45) is 1.96. The standard InChI is InChI=1S/C18H22BrNO/c1-14(20)18(16-11-5-6-12-17(16)19)21-13-7-10-15-8-3-2-4-9-15/h2-6,8-9,11-12,14,18H,7,10,13,20H2,1H3. The third-order valence-corrected chi connectivity index (χ3v) is 4.16. The van der Waals surface area contributed by atoms with Crippen molar-refractivity contribution in [3.8, 4) is 0 Å². The lowest BCUT2D eigenvalue weighted by Gasteiger charge is -2.23. The molecule has 0 radical (unpaired) electrons. The van der Waals surface area contributed by atoms with Gasteiger partial charge >= 0.3 is 0 Å². The molecule has 0 saturated carbocycles. The van der Waals surface area contributed by atoms with E-state index in [9.17, 15) is 0 Å². The van der Waals surface area contributed by atoms with Crippen LogP contribution in [0.2, 0.25) is 0 Å². The Morgan fingerprint density at radius 2 is 1.71 bits per heavy atom. The molecule has 0 bridgehead atoms. The fraction of sp³-hybridized carbons (Fsp3) is 0.333. The fourth-order valence-corrected chi connectivity index (χ4v) is 2.87. The van der Waals surface area contributed by atoms with E-state index in [1.54, 1.807) is 0 Å². The summed E-state index contributed by atoms with van der Waals surface area (Å²) in [4.78, 5) is 0. The molecule has 3 heteroatoms. The van der Waals surface area contributed by atoms with E-state index in [0.29, 0.717) is 6.61 Å². The average molecular weight is 348 g/mol. The molecule has 0 amide bonds. The molecule has 0 aromatic heterocycles. The highest BCUT2D eigenvalue weighted by molar-refractivity contribution is 9.10. The smallest absolute Gasteiger partial charge is 0.0983 e. The third kappa shape index (κ3) is 4.95. The second-order valence-corrected chi connectivity index (χ2v) is 6.12. The van der Waals surface area contributed by atoms with Gasteiger partial charge in [-0.2, -0.15) is 0 Å². The lowest BCUT2D eigenvalue weighted by atomic mass is 10.0. The molecule has 2 rings (SSSR count). The van der Waals surface area contributed by atoms with E-state index in [1.807, 2.05) is 31.2 Å². The van der Waals surface area contributed by atoms with Crippen LogP contribution in [-0.4, -0.2) is 12.6 Å². The van der Waals surface area contributed by atoms with E-state index < -0.39 is 0 Å². The molecule has 2 unspecified atom stereocenters. The van der Waals surface area contributed by atoms with Crippen LogP contribution < -0.4 is 5.73 Å². The molecule has 2 nitrogen and oxygen atoms in total. The molecular formula is C18H22BrNO. The lowest BCUT2D eigenvalue weighted by molar-refractivity contribution is 0.0365. The van der Waals surface area contributed by atoms with Crippen molar-refractivity contribution in [1.82, 2.24) is 0 Å². The van der Waals surface area contributed by atoms with E-state index >= 15 is 0 Å². The minimum absolute atomic E-state index is 0.0413. The predicted molar refractivity (Wildman–Crippen MR) is 91.2 cm³/mol. The Bertz CT molecular complexity index is 542. The highest BCUT2D eigenvalue weighted by Gasteiger charge is 2.18. The zero-order chi connectivity index (χ0) is 15.1. The first-order valence-corrected chi connectivity index (χ1v) is 8.13. The third-order valence-electron chi connectivity index (χ3n) is 3.44. The second kappa shape index (κ2) is 8.32. The Balaban J connectivity index is 1.88. The van der Waals surface area contributed by atoms with E-state index in [2.05, 4.69) is 46.3 Å². The van der Waals surface area contributed by atoms with Gasteiger partial charge in [-0.15, -0.1) is 0 Å². The first-order valence-electron chi connectivity index (χ1n) is 7.34. The Morgan fingerprint density at radius 1 is 1.05 bits per heavy atom. The normalized spacial score (nSPS) is 13.9. The molecule has 0 aliphatic carbocycles. The van der Waals surface area contributed by atoms with Crippen LogP contribution in [0.25, 0.3) is 0 Å². The van der Waals surface area contributed by atoms with E-state index in [0.717, 1.165) is 22.9 Å². The van der Waals surface area contributed by atoms with Crippen molar-refractivity contribution < 1.29 is 4.74 Å². The van der Waals surface area contributed by atoms with Gasteiger partial charge in [0.25, 0.3) is 0 Å². The minimum atomic E-state index is -0.0728. The van der Waals surface area contributed by atoms with Gasteiger partial charge in [-0.05, 0) is 37.0 Å². The summed E-state index contributed by atoms with van der Waals surface area (Å²) in [5.74, 6) is 0. The molecular weight excluding hydrogens is 326 g/mol. The maximum atomic E-state index is 6.09. The molecule has 2 N–H and O–H groups in total. The summed E-state index contributed by atoms with van der Waals surface area (Å²) >= 11 is 3.58. The predicted octanol–water partition coefficient (Wildman–Crippen LogP) is 4.49. The maximum Gasteiger partial charge on any atom is 0.0983 e. The molecule has 2 atom stereocenters. The highest BCUT2D eigenvalue weighted by Crippen LogP contribution is 2.28. The Labute approximate surface area is 135 Å². The van der Waals surface area contributed by atoms with Crippen LogP contribution in [0.1, 0.15) is 30.6 Å². The largest absolute Gasteiger partial charge is 0.372 e.